The van der Waals surface area contributed by atoms with Gasteiger partial charge in [-0.2, -0.15) is 5.10 Å². The Labute approximate surface area is 178 Å². The van der Waals surface area contributed by atoms with E-state index in [0.717, 1.165) is 17.0 Å². The fourth-order valence-corrected chi connectivity index (χ4v) is 5.85. The minimum Gasteiger partial charge on any atom is -0.366 e. The van der Waals surface area contributed by atoms with Crippen molar-refractivity contribution >= 4 is 38.0 Å². The van der Waals surface area contributed by atoms with Gasteiger partial charge in [0.1, 0.15) is 14.9 Å². The number of primary amides is 1. The number of nitrogens with zero attached hydrogens (tertiary/aromatic N) is 2. The first-order chi connectivity index (χ1) is 13.9. The van der Waals surface area contributed by atoms with Crippen LogP contribution in [0.2, 0.25) is 0 Å². The molecule has 2 aromatic heterocycles. The number of amides is 2. The first-order valence-electron chi connectivity index (χ1n) is 9.27. The van der Waals surface area contributed by atoms with Crippen LogP contribution in [0.1, 0.15) is 47.3 Å². The normalized spacial score (nSPS) is 17.7. The largest absolute Gasteiger partial charge is 0.366 e. The van der Waals surface area contributed by atoms with Crippen LogP contribution in [0.5, 0.6) is 0 Å². The van der Waals surface area contributed by atoms with Gasteiger partial charge in [-0.1, -0.05) is 20.8 Å². The van der Waals surface area contributed by atoms with E-state index in [1.807, 2.05) is 20.8 Å². The number of morpholine rings is 1. The Bertz CT molecular complexity index is 1080. The van der Waals surface area contributed by atoms with Gasteiger partial charge in [0.2, 0.25) is 9.84 Å². The molecular weight excluding hydrogens is 430 g/mol. The Morgan fingerprint density at radius 1 is 1.37 bits per heavy atom. The highest BCUT2D eigenvalue weighted by molar-refractivity contribution is 7.94. The molecule has 12 heteroatoms. The molecule has 2 aromatic rings. The number of ether oxygens (including phenoxy) is 1. The van der Waals surface area contributed by atoms with Crippen molar-refractivity contribution in [2.75, 3.05) is 25.0 Å². The molecule has 30 heavy (non-hydrogen) atoms. The topological polar surface area (TPSA) is 145 Å². The lowest BCUT2D eigenvalue weighted by Gasteiger charge is -2.22. The number of carbonyl (C=O) groups excluding carboxylic acids is 2. The SMILES string of the molecule is Cn1nc(C(C)(C)C)cc1C(=O)Nc1sc(S(=O)(=O)C2CNCCO2)cc1C(N)=O. The number of nitrogens with two attached hydrogens (primary N) is 1. The van der Waals surface area contributed by atoms with Crippen molar-refractivity contribution in [2.24, 2.45) is 12.8 Å². The second-order valence-electron chi connectivity index (χ2n) is 7.96. The third-order valence-electron chi connectivity index (χ3n) is 4.60. The van der Waals surface area contributed by atoms with Gasteiger partial charge in [-0.15, -0.1) is 11.3 Å². The quantitative estimate of drug-likeness (QED) is 0.606. The van der Waals surface area contributed by atoms with Crippen molar-refractivity contribution in [3.8, 4) is 0 Å². The van der Waals surface area contributed by atoms with E-state index in [9.17, 15) is 18.0 Å². The third-order valence-corrected chi connectivity index (χ3v) is 8.07. The van der Waals surface area contributed by atoms with Gasteiger partial charge in [-0.3, -0.25) is 14.3 Å². The van der Waals surface area contributed by atoms with Gasteiger partial charge in [0.15, 0.2) is 5.44 Å². The molecule has 3 rings (SSSR count). The van der Waals surface area contributed by atoms with Gasteiger partial charge in [-0.25, -0.2) is 8.42 Å². The first kappa shape index (κ1) is 22.4. The van der Waals surface area contributed by atoms with Crippen LogP contribution < -0.4 is 16.4 Å². The molecule has 164 valence electrons. The molecule has 1 fully saturated rings. The number of aryl methyl sites for hydroxylation is 1. The summed E-state index contributed by atoms with van der Waals surface area (Å²) in [5.41, 5.74) is 5.01. The van der Waals surface area contributed by atoms with Gasteiger partial charge in [0.25, 0.3) is 11.8 Å². The summed E-state index contributed by atoms with van der Waals surface area (Å²) in [5, 5.41) is 9.98. The van der Waals surface area contributed by atoms with E-state index in [0.29, 0.717) is 6.54 Å². The molecule has 0 aromatic carbocycles. The van der Waals surface area contributed by atoms with Gasteiger partial charge in [0, 0.05) is 25.6 Å². The zero-order chi connectivity index (χ0) is 22.3. The van der Waals surface area contributed by atoms with E-state index in [-0.39, 0.29) is 39.0 Å². The molecule has 1 unspecified atom stereocenters. The Balaban J connectivity index is 1.92. The number of carbonyl (C=O) groups is 2. The van der Waals surface area contributed by atoms with E-state index in [1.54, 1.807) is 13.1 Å². The molecule has 1 aliphatic rings. The highest BCUT2D eigenvalue weighted by Crippen LogP contribution is 2.34. The lowest BCUT2D eigenvalue weighted by atomic mass is 9.92. The fourth-order valence-electron chi connectivity index (χ4n) is 2.87. The van der Waals surface area contributed by atoms with Crippen LogP contribution in [-0.2, 0) is 27.0 Å². The molecule has 1 aliphatic heterocycles. The standard InChI is InChI=1S/C18H25N5O5S2/c1-18(2,3)12-8-11(23(4)22-12)16(25)21-17-10(15(19)24)7-14(29-17)30(26,27)13-9-20-5-6-28-13/h7-8,13,20H,5-6,9H2,1-4H3,(H2,19,24)(H,21,25). The van der Waals surface area contributed by atoms with Crippen LogP contribution in [0.25, 0.3) is 0 Å². The van der Waals surface area contributed by atoms with Crippen LogP contribution in [0, 0.1) is 0 Å². The molecule has 0 radical (unpaired) electrons. The second kappa shape index (κ2) is 8.10. The van der Waals surface area contributed by atoms with E-state index >= 15 is 0 Å². The zero-order valence-corrected chi connectivity index (χ0v) is 18.8. The van der Waals surface area contributed by atoms with Crippen LogP contribution in [0.4, 0.5) is 5.00 Å². The predicted molar refractivity (Wildman–Crippen MR) is 112 cm³/mol. The molecule has 0 spiro atoms. The van der Waals surface area contributed by atoms with Crippen LogP contribution in [0.3, 0.4) is 0 Å². The summed E-state index contributed by atoms with van der Waals surface area (Å²) in [7, 11) is -2.23. The van der Waals surface area contributed by atoms with Crippen molar-refractivity contribution in [1.29, 1.82) is 0 Å². The molecule has 0 aliphatic carbocycles. The summed E-state index contributed by atoms with van der Waals surface area (Å²) in [5.74, 6) is -1.37. The summed E-state index contributed by atoms with van der Waals surface area (Å²) in [6.45, 7) is 6.88. The molecule has 3 heterocycles. The van der Waals surface area contributed by atoms with E-state index in [2.05, 4.69) is 15.7 Å². The number of aromatic nitrogens is 2. The number of rotatable bonds is 5. The summed E-state index contributed by atoms with van der Waals surface area (Å²) in [6, 6.07) is 2.84. The highest BCUT2D eigenvalue weighted by atomic mass is 32.2. The molecular formula is C18H25N5O5S2. The number of sulfone groups is 1. The van der Waals surface area contributed by atoms with Crippen molar-refractivity contribution in [3.63, 3.8) is 0 Å². The smallest absolute Gasteiger partial charge is 0.274 e. The number of anilines is 1. The van der Waals surface area contributed by atoms with E-state index < -0.39 is 27.1 Å². The van der Waals surface area contributed by atoms with Gasteiger partial charge >= 0.3 is 0 Å². The molecule has 0 bridgehead atoms. The Morgan fingerprint density at radius 2 is 2.07 bits per heavy atom. The number of nitrogens with one attached hydrogen (secondary N) is 2. The predicted octanol–water partition coefficient (Wildman–Crippen LogP) is 0.850. The third kappa shape index (κ3) is 4.41. The monoisotopic (exact) mass is 455 g/mol. The Kier molecular flexibility index (Phi) is 6.05. The highest BCUT2D eigenvalue weighted by Gasteiger charge is 2.33. The first-order valence-corrected chi connectivity index (χ1v) is 11.6. The molecule has 0 saturated carbocycles. The average molecular weight is 456 g/mol. The molecule has 2 amide bonds. The molecule has 1 saturated heterocycles. The van der Waals surface area contributed by atoms with Crippen molar-refractivity contribution in [3.05, 3.63) is 29.1 Å². The molecule has 1 atom stereocenters. The van der Waals surface area contributed by atoms with E-state index in [1.165, 1.54) is 10.7 Å². The molecule has 4 N–H and O–H groups in total. The van der Waals surface area contributed by atoms with Crippen LogP contribution >= 0.6 is 11.3 Å². The second-order valence-corrected chi connectivity index (χ2v) is 11.3. The minimum absolute atomic E-state index is 0.0633. The maximum Gasteiger partial charge on any atom is 0.274 e. The summed E-state index contributed by atoms with van der Waals surface area (Å²) in [6.07, 6.45) is 0. The average Bonchev–Trinajstić information content (AvgIpc) is 3.26. The number of hydrogen-bond acceptors (Lipinski definition) is 8. The van der Waals surface area contributed by atoms with Gasteiger partial charge < -0.3 is 21.1 Å². The van der Waals surface area contributed by atoms with Crippen molar-refractivity contribution < 1.29 is 22.7 Å². The zero-order valence-electron chi connectivity index (χ0n) is 17.2. The Hall–Kier alpha value is -2.28. The lowest BCUT2D eigenvalue weighted by Crippen LogP contribution is -2.42. The Morgan fingerprint density at radius 3 is 2.60 bits per heavy atom. The van der Waals surface area contributed by atoms with Gasteiger partial charge in [-0.05, 0) is 12.1 Å². The van der Waals surface area contributed by atoms with E-state index in [4.69, 9.17) is 10.5 Å². The maximum absolute atomic E-state index is 12.9. The molecule has 10 nitrogen and oxygen atoms in total. The van der Waals surface area contributed by atoms with Crippen LogP contribution in [0.15, 0.2) is 16.3 Å². The van der Waals surface area contributed by atoms with Crippen LogP contribution in [-0.4, -0.2) is 55.1 Å². The number of thiophene rings is 1. The maximum atomic E-state index is 12.9. The lowest BCUT2D eigenvalue weighted by molar-refractivity contribution is 0.0786. The van der Waals surface area contributed by atoms with Crippen molar-refractivity contribution in [2.45, 2.75) is 35.8 Å². The summed E-state index contributed by atoms with van der Waals surface area (Å²) in [4.78, 5) is 24.7. The fraction of sp³-hybridized carbons (Fsp3) is 0.500. The van der Waals surface area contributed by atoms with Gasteiger partial charge in [0.05, 0.1) is 17.9 Å². The van der Waals surface area contributed by atoms with Crippen molar-refractivity contribution in [1.82, 2.24) is 15.1 Å². The minimum atomic E-state index is -3.86. The number of hydrogen-bond donors (Lipinski definition) is 3. The summed E-state index contributed by atoms with van der Waals surface area (Å²) >= 11 is 0.771. The summed E-state index contributed by atoms with van der Waals surface area (Å²) < 4.78 is 32.4.